The lowest BCUT2D eigenvalue weighted by Crippen LogP contribution is -2.50. The summed E-state index contributed by atoms with van der Waals surface area (Å²) in [6.45, 7) is 2.44. The predicted molar refractivity (Wildman–Crippen MR) is 98.4 cm³/mol. The van der Waals surface area contributed by atoms with E-state index in [2.05, 4.69) is 32.6 Å². The maximum absolute atomic E-state index is 12.3. The monoisotopic (exact) mass is 413 g/mol. The Kier molecular flexibility index (Phi) is 6.76. The molecule has 130 valence electrons. The molecule has 2 rings (SSSR count). The number of hydrogen-bond acceptors (Lipinski definition) is 4. The number of carbonyl (C=O) groups excluding carboxylic acids is 1. The van der Waals surface area contributed by atoms with Crippen molar-refractivity contribution >= 4 is 39.1 Å². The van der Waals surface area contributed by atoms with E-state index in [-0.39, 0.29) is 12.5 Å². The molecule has 0 aromatic heterocycles. The van der Waals surface area contributed by atoms with Gasteiger partial charge in [0.15, 0.2) is 5.75 Å². The van der Waals surface area contributed by atoms with E-state index in [0.29, 0.717) is 35.9 Å². The molecule has 24 heavy (non-hydrogen) atoms. The van der Waals surface area contributed by atoms with Gasteiger partial charge in [0.25, 0.3) is 0 Å². The van der Waals surface area contributed by atoms with Crippen molar-refractivity contribution in [3.63, 3.8) is 0 Å². The van der Waals surface area contributed by atoms with Crippen LogP contribution >= 0.6 is 27.5 Å². The number of rotatable bonds is 6. The van der Waals surface area contributed by atoms with E-state index in [1.165, 1.54) is 0 Å². The smallest absolute Gasteiger partial charge is 0.240 e. The van der Waals surface area contributed by atoms with E-state index in [1.807, 2.05) is 6.92 Å². The highest BCUT2D eigenvalue weighted by Crippen LogP contribution is 2.36. The van der Waals surface area contributed by atoms with Gasteiger partial charge in [-0.3, -0.25) is 4.79 Å². The van der Waals surface area contributed by atoms with Crippen molar-refractivity contribution in [3.05, 3.63) is 21.6 Å². The fourth-order valence-electron chi connectivity index (χ4n) is 2.89. The summed E-state index contributed by atoms with van der Waals surface area (Å²) < 4.78 is 6.32. The topological polar surface area (TPSA) is 74.2 Å². The maximum Gasteiger partial charge on any atom is 0.240 e. The Morgan fingerprint density at radius 3 is 2.75 bits per heavy atom. The van der Waals surface area contributed by atoms with Gasteiger partial charge in [0, 0.05) is 5.02 Å². The number of hydrogen-bond donors (Lipinski definition) is 2. The second-order valence-corrected chi connectivity index (χ2v) is 7.14. The van der Waals surface area contributed by atoms with Gasteiger partial charge in [-0.05, 0) is 47.8 Å². The Balaban J connectivity index is 2.02. The molecular formula is C17H21BrClN3O2. The van der Waals surface area contributed by atoms with Crippen LogP contribution < -0.4 is 15.4 Å². The van der Waals surface area contributed by atoms with Gasteiger partial charge in [-0.15, -0.1) is 0 Å². The number of nitriles is 1. The number of ether oxygens (including phenoxy) is 1. The third kappa shape index (κ3) is 4.78. The molecule has 0 aliphatic heterocycles. The Hall–Kier alpha value is -1.45. The standard InChI is InChI=1S/C17H21BrClN3O2/c1-2-24-16-13(18)8-12(19)9-14(16)21-10-15(23)22-17(11-20)6-4-3-5-7-17/h8-9,21H,2-7,10H2,1H3,(H,22,23). The van der Waals surface area contributed by atoms with Crippen LogP contribution in [0, 0.1) is 11.3 Å². The van der Waals surface area contributed by atoms with Gasteiger partial charge in [0.1, 0.15) is 5.54 Å². The predicted octanol–water partition coefficient (Wildman–Crippen LogP) is 4.26. The zero-order valence-electron chi connectivity index (χ0n) is 13.6. The van der Waals surface area contributed by atoms with Crippen molar-refractivity contribution in [1.29, 1.82) is 5.26 Å². The molecule has 1 saturated carbocycles. The number of carbonyl (C=O) groups is 1. The Labute approximate surface area is 155 Å². The van der Waals surface area contributed by atoms with E-state index < -0.39 is 5.54 Å². The van der Waals surface area contributed by atoms with Gasteiger partial charge < -0.3 is 15.4 Å². The number of halogens is 2. The van der Waals surface area contributed by atoms with Gasteiger partial charge in [0.05, 0.1) is 29.4 Å². The minimum absolute atomic E-state index is 0.0519. The van der Waals surface area contributed by atoms with Crippen molar-refractivity contribution in [1.82, 2.24) is 5.32 Å². The summed E-state index contributed by atoms with van der Waals surface area (Å²) in [5.41, 5.74) is -0.0877. The van der Waals surface area contributed by atoms with Crippen LogP contribution in [0.25, 0.3) is 0 Å². The minimum atomic E-state index is -0.728. The molecule has 0 radical (unpaired) electrons. The van der Waals surface area contributed by atoms with Crippen molar-refractivity contribution in [2.24, 2.45) is 0 Å². The summed E-state index contributed by atoms with van der Waals surface area (Å²) in [5.74, 6) is 0.402. The van der Waals surface area contributed by atoms with Gasteiger partial charge in [-0.2, -0.15) is 5.26 Å². The van der Waals surface area contributed by atoms with Crippen LogP contribution in [-0.2, 0) is 4.79 Å². The summed E-state index contributed by atoms with van der Waals surface area (Å²) in [7, 11) is 0. The second kappa shape index (κ2) is 8.59. The molecule has 0 unspecified atom stereocenters. The molecule has 5 nitrogen and oxygen atoms in total. The van der Waals surface area contributed by atoms with Crippen molar-refractivity contribution in [2.75, 3.05) is 18.5 Å². The summed E-state index contributed by atoms with van der Waals surface area (Å²) in [5, 5.41) is 15.9. The van der Waals surface area contributed by atoms with E-state index in [9.17, 15) is 10.1 Å². The maximum atomic E-state index is 12.3. The first-order chi connectivity index (χ1) is 11.5. The van der Waals surface area contributed by atoms with Gasteiger partial charge in [-0.25, -0.2) is 0 Å². The van der Waals surface area contributed by atoms with Crippen LogP contribution in [0.4, 0.5) is 5.69 Å². The Morgan fingerprint density at radius 2 is 2.12 bits per heavy atom. The van der Waals surface area contributed by atoms with Crippen molar-refractivity contribution < 1.29 is 9.53 Å². The molecule has 1 aromatic rings. The van der Waals surface area contributed by atoms with Crippen LogP contribution in [-0.4, -0.2) is 24.6 Å². The summed E-state index contributed by atoms with van der Waals surface area (Å²) >= 11 is 9.48. The molecule has 1 aromatic carbocycles. The van der Waals surface area contributed by atoms with Crippen molar-refractivity contribution in [3.8, 4) is 11.8 Å². The second-order valence-electron chi connectivity index (χ2n) is 5.85. The molecule has 2 N–H and O–H groups in total. The van der Waals surface area contributed by atoms with Gasteiger partial charge in [0.2, 0.25) is 5.91 Å². The normalized spacial score (nSPS) is 16.1. The zero-order chi connectivity index (χ0) is 17.6. The molecule has 0 spiro atoms. The summed E-state index contributed by atoms with van der Waals surface area (Å²) in [6.07, 6.45) is 4.48. The molecule has 1 fully saturated rings. The minimum Gasteiger partial charge on any atom is -0.491 e. The highest BCUT2D eigenvalue weighted by molar-refractivity contribution is 9.10. The number of nitrogens with one attached hydrogen (secondary N) is 2. The largest absolute Gasteiger partial charge is 0.491 e. The first-order valence-corrected chi connectivity index (χ1v) is 9.25. The van der Waals surface area contributed by atoms with E-state index in [4.69, 9.17) is 16.3 Å². The molecule has 0 bridgehead atoms. The third-order valence-electron chi connectivity index (χ3n) is 4.04. The molecule has 1 amide bonds. The van der Waals surface area contributed by atoms with Crippen LogP contribution in [0.3, 0.4) is 0 Å². The molecule has 0 saturated heterocycles. The number of amides is 1. The highest BCUT2D eigenvalue weighted by Gasteiger charge is 2.33. The molecule has 0 heterocycles. The number of anilines is 1. The summed E-state index contributed by atoms with van der Waals surface area (Å²) in [4.78, 5) is 12.3. The van der Waals surface area contributed by atoms with Gasteiger partial charge in [-0.1, -0.05) is 30.9 Å². The highest BCUT2D eigenvalue weighted by atomic mass is 79.9. The molecule has 7 heteroatoms. The first kappa shape index (κ1) is 18.9. The SMILES string of the molecule is CCOc1c(Br)cc(Cl)cc1NCC(=O)NC1(C#N)CCCCC1. The number of benzene rings is 1. The van der Waals surface area contributed by atoms with Crippen LogP contribution in [0.5, 0.6) is 5.75 Å². The molecular weight excluding hydrogens is 394 g/mol. The number of nitrogens with zero attached hydrogens (tertiary/aromatic N) is 1. The Morgan fingerprint density at radius 1 is 1.42 bits per heavy atom. The quantitative estimate of drug-likeness (QED) is 0.729. The Bertz CT molecular complexity index is 639. The first-order valence-electron chi connectivity index (χ1n) is 8.07. The van der Waals surface area contributed by atoms with Crippen LogP contribution in [0.15, 0.2) is 16.6 Å². The van der Waals surface area contributed by atoms with E-state index >= 15 is 0 Å². The lowest BCUT2D eigenvalue weighted by Gasteiger charge is -2.31. The van der Waals surface area contributed by atoms with Crippen molar-refractivity contribution in [2.45, 2.75) is 44.6 Å². The average Bonchev–Trinajstić information content (AvgIpc) is 2.56. The van der Waals surface area contributed by atoms with E-state index in [0.717, 1.165) is 23.7 Å². The van der Waals surface area contributed by atoms with E-state index in [1.54, 1.807) is 12.1 Å². The van der Waals surface area contributed by atoms with Gasteiger partial charge >= 0.3 is 0 Å². The summed E-state index contributed by atoms with van der Waals surface area (Å²) in [6, 6.07) is 5.74. The molecule has 1 aliphatic rings. The fraction of sp³-hybridized carbons (Fsp3) is 0.529. The third-order valence-corrected chi connectivity index (χ3v) is 4.84. The fourth-order valence-corrected chi connectivity index (χ4v) is 3.81. The molecule has 1 aliphatic carbocycles. The van der Waals surface area contributed by atoms with Crippen LogP contribution in [0.2, 0.25) is 5.02 Å². The lowest BCUT2D eigenvalue weighted by atomic mass is 9.83. The lowest BCUT2D eigenvalue weighted by molar-refractivity contribution is -0.121. The molecule has 0 atom stereocenters. The average molecular weight is 415 g/mol. The zero-order valence-corrected chi connectivity index (χ0v) is 16.0. The van der Waals surface area contributed by atoms with Crippen LogP contribution in [0.1, 0.15) is 39.0 Å².